The van der Waals surface area contributed by atoms with Gasteiger partial charge in [0.1, 0.15) is 6.54 Å². The lowest BCUT2D eigenvalue weighted by Crippen LogP contribution is -2.30. The number of ether oxygens (including phenoxy) is 1. The van der Waals surface area contributed by atoms with E-state index in [1.165, 1.54) is 55.6 Å². The molecule has 2 aromatic carbocycles. The SMILES string of the molecule is COC(=O)CNC(=O)c1ccc(NC(=O)c2ccccc2SC(F)(F)F)cc1. The lowest BCUT2D eigenvalue weighted by Gasteiger charge is -2.11. The highest BCUT2D eigenvalue weighted by Crippen LogP contribution is 2.38. The largest absolute Gasteiger partial charge is 0.468 e. The van der Waals surface area contributed by atoms with E-state index in [0.717, 1.165) is 0 Å². The van der Waals surface area contributed by atoms with Crippen molar-refractivity contribution in [3.63, 3.8) is 0 Å². The van der Waals surface area contributed by atoms with Crippen LogP contribution in [0.25, 0.3) is 0 Å². The quantitative estimate of drug-likeness (QED) is 0.561. The molecule has 0 saturated carbocycles. The van der Waals surface area contributed by atoms with Crippen molar-refractivity contribution in [2.75, 3.05) is 19.0 Å². The molecule has 0 bridgehead atoms. The van der Waals surface area contributed by atoms with E-state index in [-0.39, 0.29) is 34.3 Å². The molecule has 2 amide bonds. The summed E-state index contributed by atoms with van der Waals surface area (Å²) in [7, 11) is 1.19. The molecule has 0 spiro atoms. The van der Waals surface area contributed by atoms with Crippen molar-refractivity contribution in [1.82, 2.24) is 5.32 Å². The summed E-state index contributed by atoms with van der Waals surface area (Å²) in [4.78, 5) is 35.0. The lowest BCUT2D eigenvalue weighted by atomic mass is 10.1. The molecule has 0 aromatic heterocycles. The normalized spacial score (nSPS) is 10.9. The molecule has 148 valence electrons. The number of hydrogen-bond donors (Lipinski definition) is 2. The number of carbonyl (C=O) groups excluding carboxylic acids is 3. The monoisotopic (exact) mass is 412 g/mol. The zero-order valence-corrected chi connectivity index (χ0v) is 15.3. The van der Waals surface area contributed by atoms with Gasteiger partial charge in [-0.15, -0.1) is 0 Å². The maximum absolute atomic E-state index is 12.6. The van der Waals surface area contributed by atoms with Crippen molar-refractivity contribution >= 4 is 35.2 Å². The number of benzene rings is 2. The van der Waals surface area contributed by atoms with Gasteiger partial charge in [0, 0.05) is 16.1 Å². The molecule has 0 aliphatic carbocycles. The molecule has 0 aliphatic rings. The Morgan fingerprint density at radius 3 is 2.25 bits per heavy atom. The molecule has 6 nitrogen and oxygen atoms in total. The van der Waals surface area contributed by atoms with Gasteiger partial charge in [-0.25, -0.2) is 0 Å². The molecule has 0 radical (unpaired) electrons. The van der Waals surface area contributed by atoms with Crippen LogP contribution < -0.4 is 10.6 Å². The molecule has 2 rings (SSSR count). The predicted molar refractivity (Wildman–Crippen MR) is 97.1 cm³/mol. The second kappa shape index (κ2) is 9.27. The Balaban J connectivity index is 2.05. The molecule has 2 aromatic rings. The topological polar surface area (TPSA) is 84.5 Å². The van der Waals surface area contributed by atoms with Gasteiger partial charge in [0.15, 0.2) is 0 Å². The second-order valence-electron chi connectivity index (χ2n) is 5.33. The first-order valence-corrected chi connectivity index (χ1v) is 8.62. The van der Waals surface area contributed by atoms with Crippen molar-refractivity contribution < 1.29 is 32.3 Å². The van der Waals surface area contributed by atoms with E-state index < -0.39 is 23.3 Å². The minimum atomic E-state index is -4.52. The fourth-order valence-electron chi connectivity index (χ4n) is 2.10. The van der Waals surface area contributed by atoms with Crippen LogP contribution >= 0.6 is 11.8 Å². The Kier molecular flexibility index (Phi) is 7.05. The van der Waals surface area contributed by atoms with Gasteiger partial charge < -0.3 is 15.4 Å². The average molecular weight is 412 g/mol. The van der Waals surface area contributed by atoms with Gasteiger partial charge in [-0.3, -0.25) is 14.4 Å². The van der Waals surface area contributed by atoms with Crippen LogP contribution in [-0.4, -0.2) is 36.9 Å². The van der Waals surface area contributed by atoms with Crippen LogP contribution in [0.3, 0.4) is 0 Å². The van der Waals surface area contributed by atoms with E-state index in [9.17, 15) is 27.6 Å². The highest BCUT2D eigenvalue weighted by atomic mass is 32.2. The molecule has 10 heteroatoms. The molecule has 2 N–H and O–H groups in total. The van der Waals surface area contributed by atoms with Crippen molar-refractivity contribution in [3.8, 4) is 0 Å². The predicted octanol–water partition coefficient (Wildman–Crippen LogP) is 3.45. The van der Waals surface area contributed by atoms with Crippen molar-refractivity contribution in [2.24, 2.45) is 0 Å². The standard InChI is InChI=1S/C18H15F3N2O4S/c1-27-15(24)10-22-16(25)11-6-8-12(9-7-11)23-17(26)13-4-2-3-5-14(13)28-18(19,20)21/h2-9H,10H2,1H3,(H,22,25)(H,23,26). The first kappa shape index (κ1) is 21.3. The Morgan fingerprint density at radius 2 is 1.64 bits per heavy atom. The molecular weight excluding hydrogens is 397 g/mol. The average Bonchev–Trinajstić information content (AvgIpc) is 2.65. The molecule has 0 fully saturated rings. The third kappa shape index (κ3) is 6.31. The van der Waals surface area contributed by atoms with Gasteiger partial charge in [-0.2, -0.15) is 13.2 Å². The minimum absolute atomic E-state index is 0.121. The Hall–Kier alpha value is -3.01. The van der Waals surface area contributed by atoms with Crippen LogP contribution in [0.15, 0.2) is 53.4 Å². The van der Waals surface area contributed by atoms with Crippen molar-refractivity contribution in [1.29, 1.82) is 0 Å². The van der Waals surface area contributed by atoms with Gasteiger partial charge in [-0.05, 0) is 48.2 Å². The van der Waals surface area contributed by atoms with E-state index in [4.69, 9.17) is 0 Å². The first-order chi connectivity index (χ1) is 13.2. The van der Waals surface area contributed by atoms with Crippen LogP contribution in [0.1, 0.15) is 20.7 Å². The maximum Gasteiger partial charge on any atom is 0.446 e. The summed E-state index contributed by atoms with van der Waals surface area (Å²) in [5.74, 6) is -1.84. The molecule has 0 atom stereocenters. The Bertz CT molecular complexity index is 870. The highest BCUT2D eigenvalue weighted by Gasteiger charge is 2.31. The van der Waals surface area contributed by atoms with E-state index in [1.807, 2.05) is 0 Å². The smallest absolute Gasteiger partial charge is 0.446 e. The number of hydrogen-bond acceptors (Lipinski definition) is 5. The number of halogens is 3. The fourth-order valence-corrected chi connectivity index (χ4v) is 2.76. The van der Waals surface area contributed by atoms with Crippen LogP contribution in [0.4, 0.5) is 18.9 Å². The van der Waals surface area contributed by atoms with Gasteiger partial charge in [-0.1, -0.05) is 12.1 Å². The molecule has 0 saturated heterocycles. The van der Waals surface area contributed by atoms with Gasteiger partial charge in [0.25, 0.3) is 11.8 Å². The van der Waals surface area contributed by atoms with E-state index >= 15 is 0 Å². The van der Waals surface area contributed by atoms with Gasteiger partial charge >= 0.3 is 11.5 Å². The van der Waals surface area contributed by atoms with Crippen molar-refractivity contribution in [3.05, 3.63) is 59.7 Å². The molecule has 0 aliphatic heterocycles. The van der Waals surface area contributed by atoms with Crippen LogP contribution in [0, 0.1) is 0 Å². The van der Waals surface area contributed by atoms with E-state index in [1.54, 1.807) is 0 Å². The summed E-state index contributed by atoms with van der Waals surface area (Å²) in [6.07, 6.45) is 0. The van der Waals surface area contributed by atoms with Gasteiger partial charge in [0.05, 0.1) is 12.7 Å². The summed E-state index contributed by atoms with van der Waals surface area (Å²) >= 11 is -0.369. The Morgan fingerprint density at radius 1 is 1.00 bits per heavy atom. The summed E-state index contributed by atoms with van der Waals surface area (Å²) in [6.45, 7) is -0.290. The van der Waals surface area contributed by atoms with Crippen LogP contribution in [0.5, 0.6) is 0 Å². The first-order valence-electron chi connectivity index (χ1n) is 7.81. The third-order valence-electron chi connectivity index (χ3n) is 3.38. The van der Waals surface area contributed by atoms with E-state index in [0.29, 0.717) is 5.69 Å². The summed E-state index contributed by atoms with van der Waals surface area (Å²) in [5, 5.41) is 4.84. The van der Waals surface area contributed by atoms with Crippen LogP contribution in [0.2, 0.25) is 0 Å². The number of alkyl halides is 3. The molecule has 0 unspecified atom stereocenters. The second-order valence-corrected chi connectivity index (χ2v) is 6.44. The molecular formula is C18H15F3N2O4S. The lowest BCUT2D eigenvalue weighted by molar-refractivity contribution is -0.139. The van der Waals surface area contributed by atoms with Gasteiger partial charge in [0.2, 0.25) is 0 Å². The number of esters is 1. The number of nitrogens with one attached hydrogen (secondary N) is 2. The Labute approximate surface area is 162 Å². The third-order valence-corrected chi connectivity index (χ3v) is 4.19. The number of anilines is 1. The summed E-state index contributed by atoms with van der Waals surface area (Å²) < 4.78 is 42.3. The summed E-state index contributed by atoms with van der Waals surface area (Å²) in [5.41, 5.74) is -4.11. The fraction of sp³-hybridized carbons (Fsp3) is 0.167. The summed E-state index contributed by atoms with van der Waals surface area (Å²) in [6, 6.07) is 11.0. The number of carbonyl (C=O) groups is 3. The zero-order chi connectivity index (χ0) is 20.7. The minimum Gasteiger partial charge on any atom is -0.468 e. The molecule has 0 heterocycles. The number of methoxy groups -OCH3 is 1. The van der Waals surface area contributed by atoms with Crippen molar-refractivity contribution in [2.45, 2.75) is 10.4 Å². The van der Waals surface area contributed by atoms with Crippen LogP contribution in [-0.2, 0) is 9.53 Å². The zero-order valence-electron chi connectivity index (χ0n) is 14.5. The number of rotatable bonds is 6. The number of thioether (sulfide) groups is 1. The number of amides is 2. The maximum atomic E-state index is 12.6. The molecule has 28 heavy (non-hydrogen) atoms. The van der Waals surface area contributed by atoms with E-state index in [2.05, 4.69) is 15.4 Å². The highest BCUT2D eigenvalue weighted by molar-refractivity contribution is 8.00.